The highest BCUT2D eigenvalue weighted by Gasteiger charge is 2.47. The zero-order valence-corrected chi connectivity index (χ0v) is 10.8. The third kappa shape index (κ3) is 2.90. The van der Waals surface area contributed by atoms with Crippen molar-refractivity contribution in [3.05, 3.63) is 0 Å². The van der Waals surface area contributed by atoms with Crippen molar-refractivity contribution in [1.82, 2.24) is 10.6 Å². The molecule has 2 saturated heterocycles. The van der Waals surface area contributed by atoms with E-state index in [-0.39, 0.29) is 17.7 Å². The smallest absolute Gasteiger partial charge is 0.408 e. The average molecular weight is 242 g/mol. The number of alkyl carbamates (subject to hydrolysis) is 1. The Labute approximate surface area is 102 Å². The number of carbonyl (C=O) groups excluding carboxylic acids is 1. The van der Waals surface area contributed by atoms with E-state index in [2.05, 4.69) is 10.6 Å². The van der Waals surface area contributed by atoms with E-state index >= 15 is 0 Å². The molecule has 2 aliphatic rings. The second-order valence-electron chi connectivity index (χ2n) is 5.88. The van der Waals surface area contributed by atoms with Gasteiger partial charge in [0.05, 0.1) is 11.6 Å². The molecule has 0 saturated carbocycles. The van der Waals surface area contributed by atoms with Crippen LogP contribution in [0.15, 0.2) is 0 Å². The highest BCUT2D eigenvalue weighted by Crippen LogP contribution is 2.29. The minimum atomic E-state index is -0.461. The first-order valence-corrected chi connectivity index (χ1v) is 6.25. The molecule has 0 unspecified atom stereocenters. The van der Waals surface area contributed by atoms with E-state index in [1.54, 1.807) is 0 Å². The lowest BCUT2D eigenvalue weighted by Gasteiger charge is -2.39. The van der Waals surface area contributed by atoms with Gasteiger partial charge in [0, 0.05) is 19.7 Å². The molecule has 2 N–H and O–H groups in total. The Morgan fingerprint density at radius 2 is 2.29 bits per heavy atom. The summed E-state index contributed by atoms with van der Waals surface area (Å²) in [5, 5.41) is 6.28. The van der Waals surface area contributed by atoms with Crippen molar-refractivity contribution in [3.63, 3.8) is 0 Å². The maximum absolute atomic E-state index is 11.8. The molecular weight excluding hydrogens is 220 g/mol. The fraction of sp³-hybridized carbons (Fsp3) is 0.917. The lowest BCUT2D eigenvalue weighted by atomic mass is 9.88. The molecule has 2 atom stereocenters. The van der Waals surface area contributed by atoms with Crippen molar-refractivity contribution in [3.8, 4) is 0 Å². The van der Waals surface area contributed by atoms with Crippen molar-refractivity contribution in [2.75, 3.05) is 19.7 Å². The predicted molar refractivity (Wildman–Crippen MR) is 63.9 cm³/mol. The molecule has 0 aromatic rings. The van der Waals surface area contributed by atoms with E-state index in [4.69, 9.17) is 9.47 Å². The number of rotatable bonds is 1. The number of carbonyl (C=O) groups is 1. The van der Waals surface area contributed by atoms with Crippen molar-refractivity contribution < 1.29 is 14.3 Å². The molecule has 5 nitrogen and oxygen atoms in total. The van der Waals surface area contributed by atoms with Gasteiger partial charge in [0.1, 0.15) is 5.60 Å². The molecule has 2 heterocycles. The standard InChI is InChI=1S/C12H22N2O3/c1-11(2,3)17-10(15)14-12-5-4-6-16-9(12)7-13-8-12/h9,13H,4-8H2,1-3H3,(H,14,15)/t9-,12+/m1/s1. The lowest BCUT2D eigenvalue weighted by molar-refractivity contribution is -0.0326. The Hall–Kier alpha value is -0.810. The summed E-state index contributed by atoms with van der Waals surface area (Å²) in [4.78, 5) is 11.8. The molecule has 2 fully saturated rings. The van der Waals surface area contributed by atoms with Crippen LogP contribution in [0.2, 0.25) is 0 Å². The number of nitrogens with one attached hydrogen (secondary N) is 2. The van der Waals surface area contributed by atoms with Crippen LogP contribution in [0.5, 0.6) is 0 Å². The Morgan fingerprint density at radius 3 is 3.00 bits per heavy atom. The number of hydrogen-bond donors (Lipinski definition) is 2. The Balaban J connectivity index is 1.98. The fourth-order valence-electron chi connectivity index (χ4n) is 2.51. The van der Waals surface area contributed by atoms with Crippen LogP contribution in [0.4, 0.5) is 4.79 Å². The molecule has 0 radical (unpaired) electrons. The second kappa shape index (κ2) is 4.46. The third-order valence-electron chi connectivity index (χ3n) is 3.22. The topological polar surface area (TPSA) is 59.6 Å². The molecule has 2 rings (SSSR count). The van der Waals surface area contributed by atoms with Gasteiger partial charge in [-0.15, -0.1) is 0 Å². The van der Waals surface area contributed by atoms with Gasteiger partial charge < -0.3 is 20.1 Å². The molecule has 0 spiro atoms. The highest BCUT2D eigenvalue weighted by molar-refractivity contribution is 5.69. The van der Waals surface area contributed by atoms with E-state index in [9.17, 15) is 4.79 Å². The molecule has 98 valence electrons. The molecule has 0 aromatic carbocycles. The number of fused-ring (bicyclic) bond motifs is 1. The normalized spacial score (nSPS) is 33.0. The summed E-state index contributed by atoms with van der Waals surface area (Å²) in [5.41, 5.74) is -0.738. The third-order valence-corrected chi connectivity index (χ3v) is 3.22. The van der Waals surface area contributed by atoms with Crippen molar-refractivity contribution in [1.29, 1.82) is 0 Å². The Morgan fingerprint density at radius 1 is 1.53 bits per heavy atom. The minimum Gasteiger partial charge on any atom is -0.444 e. The number of ether oxygens (including phenoxy) is 2. The van der Waals surface area contributed by atoms with Gasteiger partial charge in [-0.2, -0.15) is 0 Å². The van der Waals surface area contributed by atoms with Crippen LogP contribution in [0.1, 0.15) is 33.6 Å². The van der Waals surface area contributed by atoms with Crippen molar-refractivity contribution in [2.45, 2.75) is 50.9 Å². The molecule has 0 aliphatic carbocycles. The molecule has 1 amide bonds. The largest absolute Gasteiger partial charge is 0.444 e. The van der Waals surface area contributed by atoms with Gasteiger partial charge in [-0.05, 0) is 33.6 Å². The van der Waals surface area contributed by atoms with Gasteiger partial charge in [0.15, 0.2) is 0 Å². The first-order valence-electron chi connectivity index (χ1n) is 6.25. The van der Waals surface area contributed by atoms with Crippen LogP contribution in [0, 0.1) is 0 Å². The number of amides is 1. The zero-order valence-electron chi connectivity index (χ0n) is 10.8. The highest BCUT2D eigenvalue weighted by atomic mass is 16.6. The van der Waals surface area contributed by atoms with Crippen LogP contribution in [0.3, 0.4) is 0 Å². The van der Waals surface area contributed by atoms with Gasteiger partial charge in [0.2, 0.25) is 0 Å². The second-order valence-corrected chi connectivity index (χ2v) is 5.88. The summed E-state index contributed by atoms with van der Waals surface area (Å²) < 4.78 is 11.0. The van der Waals surface area contributed by atoms with E-state index in [1.165, 1.54) is 0 Å². The van der Waals surface area contributed by atoms with Gasteiger partial charge in [-0.3, -0.25) is 0 Å². The quantitative estimate of drug-likeness (QED) is 0.721. The van der Waals surface area contributed by atoms with E-state index in [0.29, 0.717) is 0 Å². The Kier molecular flexibility index (Phi) is 3.32. The minimum absolute atomic E-state index is 0.0729. The van der Waals surface area contributed by atoms with Crippen LogP contribution in [-0.2, 0) is 9.47 Å². The Bertz CT molecular complexity index is 301. The summed E-state index contributed by atoms with van der Waals surface area (Å²) in [6, 6.07) is 0. The van der Waals surface area contributed by atoms with Crippen LogP contribution in [-0.4, -0.2) is 43.0 Å². The predicted octanol–water partition coefficient (Wildman–Crippen LogP) is 1.03. The first kappa shape index (κ1) is 12.6. The summed E-state index contributed by atoms with van der Waals surface area (Å²) in [6.45, 7) is 7.95. The lowest BCUT2D eigenvalue weighted by Crippen LogP contribution is -2.60. The summed E-state index contributed by atoms with van der Waals surface area (Å²) in [7, 11) is 0. The van der Waals surface area contributed by atoms with Gasteiger partial charge >= 0.3 is 6.09 Å². The summed E-state index contributed by atoms with van der Waals surface area (Å²) in [6.07, 6.45) is 1.65. The summed E-state index contributed by atoms with van der Waals surface area (Å²) >= 11 is 0. The molecule has 5 heteroatoms. The first-order chi connectivity index (χ1) is 7.91. The van der Waals surface area contributed by atoms with Crippen molar-refractivity contribution in [2.24, 2.45) is 0 Å². The molecular formula is C12H22N2O3. The SMILES string of the molecule is CC(C)(C)OC(=O)N[C@]12CCCO[C@@H]1CNC2. The maximum atomic E-state index is 11.8. The van der Waals surface area contributed by atoms with Crippen LogP contribution in [0.25, 0.3) is 0 Å². The summed E-state index contributed by atoms with van der Waals surface area (Å²) in [5.74, 6) is 0. The van der Waals surface area contributed by atoms with Gasteiger partial charge in [0.25, 0.3) is 0 Å². The number of hydrogen-bond acceptors (Lipinski definition) is 4. The molecule has 0 bridgehead atoms. The van der Waals surface area contributed by atoms with E-state index < -0.39 is 5.60 Å². The maximum Gasteiger partial charge on any atom is 0.408 e. The van der Waals surface area contributed by atoms with E-state index in [1.807, 2.05) is 20.8 Å². The monoisotopic (exact) mass is 242 g/mol. The van der Waals surface area contributed by atoms with Gasteiger partial charge in [-0.25, -0.2) is 4.79 Å². The van der Waals surface area contributed by atoms with Crippen molar-refractivity contribution >= 4 is 6.09 Å². The average Bonchev–Trinajstić information content (AvgIpc) is 2.57. The van der Waals surface area contributed by atoms with Crippen LogP contribution >= 0.6 is 0 Å². The van der Waals surface area contributed by atoms with E-state index in [0.717, 1.165) is 32.5 Å². The molecule has 0 aromatic heterocycles. The van der Waals surface area contributed by atoms with Crippen LogP contribution < -0.4 is 10.6 Å². The molecule has 2 aliphatic heterocycles. The molecule has 17 heavy (non-hydrogen) atoms. The zero-order chi connectivity index (χ0) is 12.5. The fourth-order valence-corrected chi connectivity index (χ4v) is 2.51. The van der Waals surface area contributed by atoms with Gasteiger partial charge in [-0.1, -0.05) is 0 Å².